The number of anilines is 1. The van der Waals surface area contributed by atoms with Crippen molar-refractivity contribution >= 4 is 40.5 Å². The summed E-state index contributed by atoms with van der Waals surface area (Å²) >= 11 is 12.0. The first-order valence-electron chi connectivity index (χ1n) is 11.7. The molecule has 2 N–H and O–H groups in total. The maximum Gasteiger partial charge on any atom is 0.226 e. The van der Waals surface area contributed by atoms with E-state index in [0.717, 1.165) is 34.0 Å². The SMILES string of the molecule is Cc1ccc(Cl)cc1-c1ccc([C@@H]2[C@H](c3ccccn3)NC(=S)N2CCC(=O)Nc2ccccc2)o1. The van der Waals surface area contributed by atoms with Crippen molar-refractivity contribution in [1.82, 2.24) is 15.2 Å². The van der Waals surface area contributed by atoms with Crippen molar-refractivity contribution in [3.05, 3.63) is 107 Å². The van der Waals surface area contributed by atoms with Crippen LogP contribution in [-0.4, -0.2) is 27.4 Å². The van der Waals surface area contributed by atoms with Gasteiger partial charge in [-0.3, -0.25) is 9.78 Å². The molecule has 2 aromatic heterocycles. The number of amides is 1. The molecule has 0 bridgehead atoms. The molecule has 1 fully saturated rings. The van der Waals surface area contributed by atoms with E-state index in [2.05, 4.69) is 15.6 Å². The zero-order valence-electron chi connectivity index (χ0n) is 19.6. The largest absolute Gasteiger partial charge is 0.459 e. The highest BCUT2D eigenvalue weighted by atomic mass is 35.5. The first-order chi connectivity index (χ1) is 17.5. The summed E-state index contributed by atoms with van der Waals surface area (Å²) in [6.45, 7) is 2.44. The van der Waals surface area contributed by atoms with Crippen molar-refractivity contribution in [1.29, 1.82) is 0 Å². The summed E-state index contributed by atoms with van der Waals surface area (Å²) in [7, 11) is 0. The van der Waals surface area contributed by atoms with Gasteiger partial charge in [-0.05, 0) is 73.2 Å². The van der Waals surface area contributed by atoms with Crippen LogP contribution in [0.15, 0.2) is 89.5 Å². The van der Waals surface area contributed by atoms with Gasteiger partial charge in [0.1, 0.15) is 17.6 Å². The predicted octanol–water partition coefficient (Wildman–Crippen LogP) is 6.30. The summed E-state index contributed by atoms with van der Waals surface area (Å²) in [5.41, 5.74) is 3.61. The number of carbonyl (C=O) groups is 1. The molecule has 2 atom stereocenters. The van der Waals surface area contributed by atoms with Gasteiger partial charge >= 0.3 is 0 Å². The maximum atomic E-state index is 12.7. The van der Waals surface area contributed by atoms with Crippen LogP contribution in [0, 0.1) is 6.92 Å². The van der Waals surface area contributed by atoms with E-state index in [9.17, 15) is 4.79 Å². The summed E-state index contributed by atoms with van der Waals surface area (Å²) < 4.78 is 6.39. The fraction of sp³-hybridized carbons (Fsp3) is 0.179. The molecule has 0 aliphatic carbocycles. The number of carbonyl (C=O) groups excluding carboxylic acids is 1. The van der Waals surface area contributed by atoms with Crippen molar-refractivity contribution in [2.75, 3.05) is 11.9 Å². The molecule has 1 amide bonds. The van der Waals surface area contributed by atoms with Crippen LogP contribution < -0.4 is 10.6 Å². The Kier molecular flexibility index (Phi) is 7.02. The molecule has 6 nitrogen and oxygen atoms in total. The number of benzene rings is 2. The van der Waals surface area contributed by atoms with Gasteiger partial charge in [-0.15, -0.1) is 0 Å². The fourth-order valence-corrected chi connectivity index (χ4v) is 4.94. The molecule has 4 aromatic rings. The Morgan fingerprint density at radius 3 is 2.69 bits per heavy atom. The second-order valence-electron chi connectivity index (χ2n) is 8.65. The number of halogens is 1. The van der Waals surface area contributed by atoms with E-state index in [0.29, 0.717) is 16.7 Å². The molecular weight excluding hydrogens is 492 g/mol. The van der Waals surface area contributed by atoms with E-state index in [-0.39, 0.29) is 24.4 Å². The molecule has 0 spiro atoms. The number of rotatable bonds is 7. The van der Waals surface area contributed by atoms with Crippen LogP contribution in [0.5, 0.6) is 0 Å². The molecule has 36 heavy (non-hydrogen) atoms. The zero-order valence-corrected chi connectivity index (χ0v) is 21.2. The van der Waals surface area contributed by atoms with Crippen LogP contribution >= 0.6 is 23.8 Å². The Morgan fingerprint density at radius 1 is 1.11 bits per heavy atom. The van der Waals surface area contributed by atoms with E-state index in [1.807, 2.05) is 90.7 Å². The van der Waals surface area contributed by atoms with Crippen LogP contribution in [0.25, 0.3) is 11.3 Å². The number of aryl methyl sites for hydroxylation is 1. The minimum absolute atomic E-state index is 0.0845. The summed E-state index contributed by atoms with van der Waals surface area (Å²) in [5, 5.41) is 7.54. The molecule has 182 valence electrons. The molecule has 1 saturated heterocycles. The second-order valence-corrected chi connectivity index (χ2v) is 9.47. The normalized spacial score (nSPS) is 17.2. The number of aromatic nitrogens is 1. The van der Waals surface area contributed by atoms with Crippen LogP contribution in [-0.2, 0) is 4.79 Å². The third-order valence-corrected chi connectivity index (χ3v) is 6.81. The average Bonchev–Trinajstić information content (AvgIpc) is 3.50. The molecule has 1 aliphatic heterocycles. The number of nitrogens with one attached hydrogen (secondary N) is 2. The quantitative estimate of drug-likeness (QED) is 0.281. The van der Waals surface area contributed by atoms with Crippen molar-refractivity contribution < 1.29 is 9.21 Å². The topological polar surface area (TPSA) is 70.4 Å². The number of pyridine rings is 1. The van der Waals surface area contributed by atoms with Crippen LogP contribution in [0.1, 0.15) is 35.5 Å². The number of para-hydroxylation sites is 1. The lowest BCUT2D eigenvalue weighted by atomic mass is 10.0. The zero-order chi connectivity index (χ0) is 25.1. The van der Waals surface area contributed by atoms with Crippen molar-refractivity contribution in [2.24, 2.45) is 0 Å². The average molecular weight is 517 g/mol. The summed E-state index contributed by atoms with van der Waals surface area (Å²) in [5.74, 6) is 1.37. The Balaban J connectivity index is 1.42. The Morgan fingerprint density at radius 2 is 1.92 bits per heavy atom. The number of hydrogen-bond acceptors (Lipinski definition) is 4. The lowest BCUT2D eigenvalue weighted by molar-refractivity contribution is -0.116. The third-order valence-electron chi connectivity index (χ3n) is 6.22. The third kappa shape index (κ3) is 5.12. The van der Waals surface area contributed by atoms with E-state index >= 15 is 0 Å². The van der Waals surface area contributed by atoms with Gasteiger partial charge in [0.25, 0.3) is 0 Å². The van der Waals surface area contributed by atoms with E-state index < -0.39 is 0 Å². The molecule has 5 rings (SSSR count). The highest BCUT2D eigenvalue weighted by Crippen LogP contribution is 2.41. The second kappa shape index (κ2) is 10.5. The lowest BCUT2D eigenvalue weighted by Crippen LogP contribution is -2.32. The Hall–Kier alpha value is -3.68. The van der Waals surface area contributed by atoms with Gasteiger partial charge in [0.15, 0.2) is 5.11 Å². The number of furan rings is 1. The van der Waals surface area contributed by atoms with Gasteiger partial charge in [-0.25, -0.2) is 0 Å². The Labute approximate surface area is 220 Å². The number of nitrogens with zero attached hydrogens (tertiary/aromatic N) is 2. The standard InChI is InChI=1S/C28H25ClN4O2S/c1-18-10-11-19(29)17-21(18)23-12-13-24(35-23)27-26(22-9-5-6-15-30-22)32-28(36)33(27)16-14-25(34)31-20-7-3-2-4-8-20/h2-13,15,17,26-27H,14,16H2,1H3,(H,31,34)(H,32,36)/t26-,27+/m0/s1. The predicted molar refractivity (Wildman–Crippen MR) is 146 cm³/mol. The van der Waals surface area contributed by atoms with Gasteiger partial charge in [-0.1, -0.05) is 41.9 Å². The van der Waals surface area contributed by atoms with E-state index in [4.69, 9.17) is 28.2 Å². The number of hydrogen-bond donors (Lipinski definition) is 2. The monoisotopic (exact) mass is 516 g/mol. The molecule has 0 saturated carbocycles. The molecule has 1 aliphatic rings. The van der Waals surface area contributed by atoms with Crippen molar-refractivity contribution in [3.8, 4) is 11.3 Å². The van der Waals surface area contributed by atoms with Gasteiger partial charge < -0.3 is 20.0 Å². The molecule has 2 aromatic carbocycles. The maximum absolute atomic E-state index is 12.7. The summed E-state index contributed by atoms with van der Waals surface area (Å²) in [4.78, 5) is 19.2. The van der Waals surface area contributed by atoms with Crippen LogP contribution in [0.3, 0.4) is 0 Å². The highest BCUT2D eigenvalue weighted by molar-refractivity contribution is 7.80. The molecular formula is C28H25ClN4O2S. The van der Waals surface area contributed by atoms with Gasteiger partial charge in [0, 0.05) is 35.4 Å². The van der Waals surface area contributed by atoms with E-state index in [1.54, 1.807) is 6.20 Å². The first-order valence-corrected chi connectivity index (χ1v) is 12.5. The smallest absolute Gasteiger partial charge is 0.226 e. The lowest BCUT2D eigenvalue weighted by Gasteiger charge is -2.25. The van der Waals surface area contributed by atoms with Crippen LogP contribution in [0.2, 0.25) is 5.02 Å². The van der Waals surface area contributed by atoms with Crippen LogP contribution in [0.4, 0.5) is 5.69 Å². The number of thiocarbonyl (C=S) groups is 1. The minimum Gasteiger partial charge on any atom is -0.459 e. The molecule has 0 unspecified atom stereocenters. The molecule has 0 radical (unpaired) electrons. The van der Waals surface area contributed by atoms with Gasteiger partial charge in [0.05, 0.1) is 11.7 Å². The van der Waals surface area contributed by atoms with E-state index in [1.165, 1.54) is 0 Å². The molecule has 8 heteroatoms. The van der Waals surface area contributed by atoms with Gasteiger partial charge in [0.2, 0.25) is 5.91 Å². The van der Waals surface area contributed by atoms with Crippen molar-refractivity contribution in [3.63, 3.8) is 0 Å². The van der Waals surface area contributed by atoms with Gasteiger partial charge in [-0.2, -0.15) is 0 Å². The first kappa shape index (κ1) is 24.0. The molecule has 3 heterocycles. The van der Waals surface area contributed by atoms with Crippen molar-refractivity contribution in [2.45, 2.75) is 25.4 Å². The highest BCUT2D eigenvalue weighted by Gasteiger charge is 2.41. The fourth-order valence-electron chi connectivity index (χ4n) is 4.44. The summed E-state index contributed by atoms with van der Waals surface area (Å²) in [6.07, 6.45) is 2.03. The minimum atomic E-state index is -0.273. The Bertz CT molecular complexity index is 1380. The summed E-state index contributed by atoms with van der Waals surface area (Å²) in [6, 6.07) is 24.4.